The van der Waals surface area contributed by atoms with E-state index in [9.17, 15) is 12.8 Å². The molecule has 0 spiro atoms. The molecular formula is C17H17ClFNO2S. The topological polar surface area (TPSA) is 46.2 Å². The predicted octanol–water partition coefficient (Wildman–Crippen LogP) is 3.98. The van der Waals surface area contributed by atoms with Gasteiger partial charge in [0.2, 0.25) is 10.0 Å². The zero-order valence-corrected chi connectivity index (χ0v) is 14.0. The molecule has 0 aliphatic heterocycles. The van der Waals surface area contributed by atoms with E-state index in [2.05, 4.69) is 4.72 Å². The van der Waals surface area contributed by atoms with E-state index < -0.39 is 21.6 Å². The van der Waals surface area contributed by atoms with E-state index in [4.69, 9.17) is 11.6 Å². The fraction of sp³-hybridized carbons (Fsp3) is 0.294. The molecule has 3 rings (SSSR count). The Hall–Kier alpha value is -1.43. The molecule has 0 amide bonds. The van der Waals surface area contributed by atoms with Crippen molar-refractivity contribution in [3.63, 3.8) is 0 Å². The fourth-order valence-corrected chi connectivity index (χ4v) is 4.74. The van der Waals surface area contributed by atoms with Crippen molar-refractivity contribution in [3.8, 4) is 0 Å². The molecule has 0 heterocycles. The van der Waals surface area contributed by atoms with E-state index in [-0.39, 0.29) is 16.6 Å². The van der Waals surface area contributed by atoms with Crippen LogP contribution in [-0.4, -0.2) is 8.42 Å². The van der Waals surface area contributed by atoms with Crippen LogP contribution in [0.15, 0.2) is 42.5 Å². The van der Waals surface area contributed by atoms with Crippen LogP contribution < -0.4 is 4.72 Å². The first kappa shape index (κ1) is 16.4. The van der Waals surface area contributed by atoms with Crippen molar-refractivity contribution in [1.29, 1.82) is 0 Å². The summed E-state index contributed by atoms with van der Waals surface area (Å²) >= 11 is 5.93. The van der Waals surface area contributed by atoms with E-state index >= 15 is 0 Å². The summed E-state index contributed by atoms with van der Waals surface area (Å²) in [7, 11) is -3.70. The third-order valence-electron chi connectivity index (χ3n) is 4.09. The monoisotopic (exact) mass is 353 g/mol. The number of halogens is 2. The Morgan fingerprint density at radius 1 is 1.17 bits per heavy atom. The van der Waals surface area contributed by atoms with Crippen LogP contribution in [0.5, 0.6) is 0 Å². The van der Waals surface area contributed by atoms with Crippen LogP contribution in [0, 0.1) is 5.82 Å². The molecule has 0 saturated carbocycles. The van der Waals surface area contributed by atoms with Gasteiger partial charge in [-0.3, -0.25) is 0 Å². The molecule has 1 N–H and O–H groups in total. The largest absolute Gasteiger partial charge is 0.216 e. The summed E-state index contributed by atoms with van der Waals surface area (Å²) in [6.45, 7) is 0. The summed E-state index contributed by atoms with van der Waals surface area (Å²) in [4.78, 5) is 0. The minimum absolute atomic E-state index is 0.00533. The summed E-state index contributed by atoms with van der Waals surface area (Å²) in [5, 5.41) is 0.124. The van der Waals surface area contributed by atoms with Crippen molar-refractivity contribution in [2.75, 3.05) is 0 Å². The number of hydrogen-bond donors (Lipinski definition) is 1. The molecule has 1 aliphatic carbocycles. The van der Waals surface area contributed by atoms with Crippen LogP contribution in [0.2, 0.25) is 5.02 Å². The number of sulfonamides is 1. The fourth-order valence-electron chi connectivity index (χ4n) is 3.00. The average Bonchev–Trinajstić information content (AvgIpc) is 2.51. The zero-order valence-electron chi connectivity index (χ0n) is 12.4. The summed E-state index contributed by atoms with van der Waals surface area (Å²) in [5.41, 5.74) is 2.17. The molecular weight excluding hydrogens is 337 g/mol. The Kier molecular flexibility index (Phi) is 4.71. The quantitative estimate of drug-likeness (QED) is 0.903. The number of fused-ring (bicyclic) bond motifs is 1. The van der Waals surface area contributed by atoms with Crippen molar-refractivity contribution in [2.24, 2.45) is 0 Å². The second-order valence-electron chi connectivity index (χ2n) is 5.72. The number of hydrogen-bond acceptors (Lipinski definition) is 2. The molecule has 1 aliphatic rings. The lowest BCUT2D eigenvalue weighted by Gasteiger charge is -2.26. The Morgan fingerprint density at radius 2 is 1.96 bits per heavy atom. The van der Waals surface area contributed by atoms with Gasteiger partial charge in [0.05, 0.1) is 5.75 Å². The molecule has 122 valence electrons. The van der Waals surface area contributed by atoms with Crippen LogP contribution in [-0.2, 0) is 22.2 Å². The van der Waals surface area contributed by atoms with Gasteiger partial charge in [0, 0.05) is 16.6 Å². The molecule has 6 heteroatoms. The highest BCUT2D eigenvalue weighted by Crippen LogP contribution is 2.30. The molecule has 2 aromatic carbocycles. The second kappa shape index (κ2) is 6.59. The Morgan fingerprint density at radius 3 is 2.74 bits per heavy atom. The van der Waals surface area contributed by atoms with Crippen molar-refractivity contribution in [2.45, 2.75) is 31.1 Å². The van der Waals surface area contributed by atoms with E-state index in [1.165, 1.54) is 18.2 Å². The van der Waals surface area contributed by atoms with Crippen molar-refractivity contribution < 1.29 is 12.8 Å². The number of aryl methyl sites for hydroxylation is 1. The molecule has 0 saturated heterocycles. The highest BCUT2D eigenvalue weighted by molar-refractivity contribution is 7.88. The highest BCUT2D eigenvalue weighted by Gasteiger charge is 2.25. The molecule has 1 atom stereocenters. The lowest BCUT2D eigenvalue weighted by Crippen LogP contribution is -2.32. The highest BCUT2D eigenvalue weighted by atomic mass is 35.5. The van der Waals surface area contributed by atoms with Gasteiger partial charge in [0.25, 0.3) is 0 Å². The van der Waals surface area contributed by atoms with Gasteiger partial charge >= 0.3 is 0 Å². The first-order valence-corrected chi connectivity index (χ1v) is 9.50. The van der Waals surface area contributed by atoms with Gasteiger partial charge in [0.1, 0.15) is 5.82 Å². The van der Waals surface area contributed by atoms with E-state index in [1.807, 2.05) is 24.3 Å². The molecule has 3 nitrogen and oxygen atoms in total. The number of nitrogens with one attached hydrogen (secondary N) is 1. The smallest absolute Gasteiger partial charge is 0.212 e. The van der Waals surface area contributed by atoms with Crippen molar-refractivity contribution >= 4 is 21.6 Å². The van der Waals surface area contributed by atoms with Crippen LogP contribution in [0.1, 0.15) is 35.6 Å². The summed E-state index contributed by atoms with van der Waals surface area (Å²) in [6, 6.07) is 11.7. The van der Waals surface area contributed by atoms with Gasteiger partial charge < -0.3 is 0 Å². The molecule has 0 unspecified atom stereocenters. The maximum absolute atomic E-state index is 13.8. The third kappa shape index (κ3) is 3.74. The van der Waals surface area contributed by atoms with E-state index in [1.54, 1.807) is 0 Å². The minimum atomic E-state index is -3.70. The van der Waals surface area contributed by atoms with Gasteiger partial charge in [-0.25, -0.2) is 17.5 Å². The average molecular weight is 354 g/mol. The minimum Gasteiger partial charge on any atom is -0.212 e. The number of rotatable bonds is 4. The molecule has 0 fully saturated rings. The third-order valence-corrected chi connectivity index (χ3v) is 5.75. The van der Waals surface area contributed by atoms with Crippen LogP contribution in [0.25, 0.3) is 0 Å². The molecule has 0 aromatic heterocycles. The molecule has 23 heavy (non-hydrogen) atoms. The van der Waals surface area contributed by atoms with Gasteiger partial charge in [-0.1, -0.05) is 41.9 Å². The molecule has 0 radical (unpaired) electrons. The van der Waals surface area contributed by atoms with Crippen LogP contribution >= 0.6 is 11.6 Å². The van der Waals surface area contributed by atoms with Crippen molar-refractivity contribution in [1.82, 2.24) is 4.72 Å². The summed E-state index contributed by atoms with van der Waals surface area (Å²) in [5.74, 6) is -1.07. The first-order valence-electron chi connectivity index (χ1n) is 7.47. The van der Waals surface area contributed by atoms with Gasteiger partial charge in [-0.05, 0) is 42.5 Å². The second-order valence-corrected chi connectivity index (χ2v) is 7.88. The summed E-state index contributed by atoms with van der Waals surface area (Å²) in [6.07, 6.45) is 2.61. The van der Waals surface area contributed by atoms with Gasteiger partial charge in [-0.15, -0.1) is 0 Å². The Bertz CT molecular complexity index is 803. The predicted molar refractivity (Wildman–Crippen MR) is 89.3 cm³/mol. The SMILES string of the molecule is O=S(=O)(Cc1c(F)cccc1Cl)N[C@H]1CCCc2ccccc21. The van der Waals surface area contributed by atoms with Gasteiger partial charge in [0.15, 0.2) is 0 Å². The zero-order chi connectivity index (χ0) is 16.4. The first-order chi connectivity index (χ1) is 11.0. The van der Waals surface area contributed by atoms with Crippen LogP contribution in [0.3, 0.4) is 0 Å². The summed E-state index contributed by atoms with van der Waals surface area (Å²) < 4.78 is 41.4. The lowest BCUT2D eigenvalue weighted by atomic mass is 9.88. The number of benzene rings is 2. The van der Waals surface area contributed by atoms with E-state index in [0.29, 0.717) is 0 Å². The van der Waals surface area contributed by atoms with Crippen molar-refractivity contribution in [3.05, 3.63) is 70.0 Å². The van der Waals surface area contributed by atoms with E-state index in [0.717, 1.165) is 30.4 Å². The van der Waals surface area contributed by atoms with Gasteiger partial charge in [-0.2, -0.15) is 0 Å². The van der Waals surface area contributed by atoms with Crippen LogP contribution in [0.4, 0.5) is 4.39 Å². The standard InChI is InChI=1S/C17H17ClFNO2S/c18-15-8-4-9-16(19)14(15)11-23(21,22)20-17-10-3-6-12-5-1-2-7-13(12)17/h1-2,4-5,7-9,17,20H,3,6,10-11H2/t17-/m0/s1. The normalized spacial score (nSPS) is 17.7. The maximum Gasteiger partial charge on any atom is 0.216 e. The lowest BCUT2D eigenvalue weighted by molar-refractivity contribution is 0.506. The molecule has 0 bridgehead atoms. The molecule has 2 aromatic rings. The maximum atomic E-state index is 13.8. The Balaban J connectivity index is 1.83. The Labute approximate surface area is 140 Å².